The van der Waals surface area contributed by atoms with Crippen molar-refractivity contribution in [2.45, 2.75) is 33.2 Å². The van der Waals surface area contributed by atoms with E-state index in [2.05, 4.69) is 5.32 Å². The quantitative estimate of drug-likeness (QED) is 0.588. The van der Waals surface area contributed by atoms with Gasteiger partial charge in [-0.1, -0.05) is 19.1 Å². The SMILES string of the molecule is Cc1c(CNC(=O)C(C)CCCN)cccc1[N+](=O)[O-]. The third-order valence-corrected chi connectivity index (χ3v) is 3.36. The van der Waals surface area contributed by atoms with E-state index in [9.17, 15) is 14.9 Å². The highest BCUT2D eigenvalue weighted by atomic mass is 16.6. The normalized spacial score (nSPS) is 11.9. The monoisotopic (exact) mass is 279 g/mol. The predicted octanol–water partition coefficient (Wildman–Crippen LogP) is 1.89. The summed E-state index contributed by atoms with van der Waals surface area (Å²) in [6.45, 7) is 4.42. The van der Waals surface area contributed by atoms with E-state index >= 15 is 0 Å². The summed E-state index contributed by atoms with van der Waals surface area (Å²) >= 11 is 0. The Balaban J connectivity index is 2.64. The molecule has 0 saturated heterocycles. The third kappa shape index (κ3) is 4.31. The minimum absolute atomic E-state index is 0.0515. The van der Waals surface area contributed by atoms with E-state index in [0.29, 0.717) is 18.7 Å². The summed E-state index contributed by atoms with van der Waals surface area (Å²) in [6.07, 6.45) is 1.56. The highest BCUT2D eigenvalue weighted by Crippen LogP contribution is 2.21. The molecule has 3 N–H and O–H groups in total. The van der Waals surface area contributed by atoms with Crippen LogP contribution in [0.5, 0.6) is 0 Å². The topological polar surface area (TPSA) is 98.3 Å². The maximum Gasteiger partial charge on any atom is 0.272 e. The summed E-state index contributed by atoms with van der Waals surface area (Å²) in [5.74, 6) is -0.151. The number of hydrogen-bond donors (Lipinski definition) is 2. The summed E-state index contributed by atoms with van der Waals surface area (Å²) in [5, 5.41) is 13.7. The van der Waals surface area contributed by atoms with Gasteiger partial charge >= 0.3 is 0 Å². The summed E-state index contributed by atoms with van der Waals surface area (Å²) in [6, 6.07) is 4.88. The van der Waals surface area contributed by atoms with Crippen LogP contribution < -0.4 is 11.1 Å². The van der Waals surface area contributed by atoms with Crippen LogP contribution in [-0.2, 0) is 11.3 Å². The summed E-state index contributed by atoms with van der Waals surface area (Å²) in [5.41, 5.74) is 6.84. The number of benzene rings is 1. The lowest BCUT2D eigenvalue weighted by Gasteiger charge is -2.12. The molecule has 6 nitrogen and oxygen atoms in total. The number of carbonyl (C=O) groups is 1. The molecule has 0 aliphatic carbocycles. The van der Waals surface area contributed by atoms with Gasteiger partial charge in [0.15, 0.2) is 0 Å². The minimum Gasteiger partial charge on any atom is -0.352 e. The number of nitro groups is 1. The first-order chi connectivity index (χ1) is 9.47. The molecule has 0 fully saturated rings. The van der Waals surface area contributed by atoms with Gasteiger partial charge in [-0.05, 0) is 31.9 Å². The zero-order valence-corrected chi connectivity index (χ0v) is 11.9. The second-order valence-electron chi connectivity index (χ2n) is 4.87. The van der Waals surface area contributed by atoms with E-state index in [-0.39, 0.29) is 17.5 Å². The Hall–Kier alpha value is -1.95. The second-order valence-corrected chi connectivity index (χ2v) is 4.87. The van der Waals surface area contributed by atoms with E-state index in [1.807, 2.05) is 6.92 Å². The van der Waals surface area contributed by atoms with Crippen molar-refractivity contribution in [2.75, 3.05) is 6.54 Å². The standard InChI is InChI=1S/C14H21N3O3/c1-10(5-4-8-15)14(18)16-9-12-6-3-7-13(11(12)2)17(19)20/h3,6-7,10H,4-5,8-9,15H2,1-2H3,(H,16,18). The van der Waals surface area contributed by atoms with Gasteiger partial charge in [-0.15, -0.1) is 0 Å². The van der Waals surface area contributed by atoms with Crippen LogP contribution in [0.15, 0.2) is 18.2 Å². The molecule has 1 amide bonds. The van der Waals surface area contributed by atoms with Crippen molar-refractivity contribution in [3.8, 4) is 0 Å². The molecule has 0 radical (unpaired) electrons. The molecule has 0 spiro atoms. The van der Waals surface area contributed by atoms with Crippen molar-refractivity contribution in [1.82, 2.24) is 5.32 Å². The van der Waals surface area contributed by atoms with Crippen molar-refractivity contribution in [3.05, 3.63) is 39.4 Å². The molecule has 0 aliphatic rings. The van der Waals surface area contributed by atoms with Crippen molar-refractivity contribution in [3.63, 3.8) is 0 Å². The Bertz CT molecular complexity index is 489. The Morgan fingerprint density at radius 3 is 2.80 bits per heavy atom. The highest BCUT2D eigenvalue weighted by Gasteiger charge is 2.15. The van der Waals surface area contributed by atoms with Gasteiger partial charge in [0.2, 0.25) is 5.91 Å². The molecular weight excluding hydrogens is 258 g/mol. The summed E-state index contributed by atoms with van der Waals surface area (Å²) in [7, 11) is 0. The van der Waals surface area contributed by atoms with E-state index in [1.165, 1.54) is 6.07 Å². The first-order valence-corrected chi connectivity index (χ1v) is 6.68. The highest BCUT2D eigenvalue weighted by molar-refractivity contribution is 5.78. The zero-order chi connectivity index (χ0) is 15.1. The number of nitrogens with one attached hydrogen (secondary N) is 1. The first-order valence-electron chi connectivity index (χ1n) is 6.68. The summed E-state index contributed by atoms with van der Waals surface area (Å²) < 4.78 is 0. The maximum atomic E-state index is 11.9. The zero-order valence-electron chi connectivity index (χ0n) is 11.9. The predicted molar refractivity (Wildman–Crippen MR) is 77.1 cm³/mol. The van der Waals surface area contributed by atoms with Crippen molar-refractivity contribution in [2.24, 2.45) is 11.7 Å². The molecule has 1 rings (SSSR count). The molecule has 0 aromatic heterocycles. The molecule has 1 unspecified atom stereocenters. The van der Waals surface area contributed by atoms with Crippen LogP contribution in [0.4, 0.5) is 5.69 Å². The number of hydrogen-bond acceptors (Lipinski definition) is 4. The van der Waals surface area contributed by atoms with Gasteiger partial charge in [0.05, 0.1) is 4.92 Å². The van der Waals surface area contributed by atoms with Gasteiger partial charge < -0.3 is 11.1 Å². The fourth-order valence-corrected chi connectivity index (χ4v) is 1.97. The van der Waals surface area contributed by atoms with Crippen molar-refractivity contribution in [1.29, 1.82) is 0 Å². The molecule has 20 heavy (non-hydrogen) atoms. The van der Waals surface area contributed by atoms with Gasteiger partial charge in [0, 0.05) is 24.1 Å². The maximum absolute atomic E-state index is 11.9. The van der Waals surface area contributed by atoms with E-state index in [1.54, 1.807) is 19.1 Å². The molecule has 0 bridgehead atoms. The Morgan fingerprint density at radius 1 is 1.50 bits per heavy atom. The minimum atomic E-state index is -0.412. The van der Waals surface area contributed by atoms with Crippen LogP contribution in [0.3, 0.4) is 0 Å². The lowest BCUT2D eigenvalue weighted by Crippen LogP contribution is -2.29. The Kier molecular flexibility index (Phi) is 6.11. The largest absolute Gasteiger partial charge is 0.352 e. The van der Waals surface area contributed by atoms with Crippen LogP contribution in [0, 0.1) is 23.0 Å². The number of amides is 1. The summed E-state index contributed by atoms with van der Waals surface area (Å²) in [4.78, 5) is 22.3. The molecular formula is C14H21N3O3. The average molecular weight is 279 g/mol. The third-order valence-electron chi connectivity index (χ3n) is 3.36. The number of nitrogens with zero attached hydrogens (tertiary/aromatic N) is 1. The fraction of sp³-hybridized carbons (Fsp3) is 0.500. The van der Waals surface area contributed by atoms with E-state index in [4.69, 9.17) is 5.73 Å². The van der Waals surface area contributed by atoms with Gasteiger partial charge in [0.25, 0.3) is 5.69 Å². The first kappa shape index (κ1) is 16.1. The molecule has 0 saturated carbocycles. The number of nitro benzene ring substituents is 1. The Morgan fingerprint density at radius 2 is 2.20 bits per heavy atom. The number of rotatable bonds is 7. The molecule has 0 heterocycles. The van der Waals surface area contributed by atoms with Crippen LogP contribution >= 0.6 is 0 Å². The van der Waals surface area contributed by atoms with Gasteiger partial charge in [0.1, 0.15) is 0 Å². The second kappa shape index (κ2) is 7.59. The molecule has 110 valence electrons. The van der Waals surface area contributed by atoms with Crippen LogP contribution in [-0.4, -0.2) is 17.4 Å². The van der Waals surface area contributed by atoms with E-state index < -0.39 is 4.92 Å². The molecule has 6 heteroatoms. The smallest absolute Gasteiger partial charge is 0.272 e. The molecule has 1 aromatic carbocycles. The van der Waals surface area contributed by atoms with Crippen LogP contribution in [0.1, 0.15) is 30.9 Å². The van der Waals surface area contributed by atoms with Crippen LogP contribution in [0.2, 0.25) is 0 Å². The van der Waals surface area contributed by atoms with E-state index in [0.717, 1.165) is 18.4 Å². The lowest BCUT2D eigenvalue weighted by molar-refractivity contribution is -0.385. The molecule has 1 atom stereocenters. The fourth-order valence-electron chi connectivity index (χ4n) is 1.97. The molecule has 0 aliphatic heterocycles. The lowest BCUT2D eigenvalue weighted by atomic mass is 10.0. The van der Waals surface area contributed by atoms with Crippen LogP contribution in [0.25, 0.3) is 0 Å². The Labute approximate surface area is 118 Å². The van der Waals surface area contributed by atoms with Crippen molar-refractivity contribution >= 4 is 11.6 Å². The van der Waals surface area contributed by atoms with Crippen molar-refractivity contribution < 1.29 is 9.72 Å². The van der Waals surface area contributed by atoms with Gasteiger partial charge in [-0.2, -0.15) is 0 Å². The van der Waals surface area contributed by atoms with Gasteiger partial charge in [-0.3, -0.25) is 14.9 Å². The average Bonchev–Trinajstić information content (AvgIpc) is 2.42. The van der Waals surface area contributed by atoms with Gasteiger partial charge in [-0.25, -0.2) is 0 Å². The number of nitrogens with two attached hydrogens (primary N) is 1. The molecule has 1 aromatic rings. The number of carbonyl (C=O) groups excluding carboxylic acids is 1.